The van der Waals surface area contributed by atoms with Gasteiger partial charge in [-0.15, -0.1) is 5.10 Å². The van der Waals surface area contributed by atoms with Gasteiger partial charge in [0.05, 0.1) is 17.9 Å². The van der Waals surface area contributed by atoms with Crippen LogP contribution in [0.5, 0.6) is 5.75 Å². The van der Waals surface area contributed by atoms with E-state index < -0.39 is 6.04 Å². The fourth-order valence-electron chi connectivity index (χ4n) is 3.85. The summed E-state index contributed by atoms with van der Waals surface area (Å²) in [5.74, 6) is 1.78. The first-order valence-corrected chi connectivity index (χ1v) is 13.2. The van der Waals surface area contributed by atoms with E-state index in [4.69, 9.17) is 33.0 Å². The predicted molar refractivity (Wildman–Crippen MR) is 143 cm³/mol. The van der Waals surface area contributed by atoms with Gasteiger partial charge in [-0.2, -0.15) is 4.98 Å². The van der Waals surface area contributed by atoms with Gasteiger partial charge in [-0.1, -0.05) is 66.5 Å². The first kappa shape index (κ1) is 25.4. The van der Waals surface area contributed by atoms with Gasteiger partial charge in [0.1, 0.15) is 11.8 Å². The Balaban J connectivity index is 1.75. The monoisotopic (exact) mass is 531 g/mol. The summed E-state index contributed by atoms with van der Waals surface area (Å²) in [6.45, 7) is 6.38. The Morgan fingerprint density at radius 1 is 1.23 bits per heavy atom. The van der Waals surface area contributed by atoms with E-state index in [1.165, 1.54) is 0 Å². The second kappa shape index (κ2) is 11.4. The highest BCUT2D eigenvalue weighted by Gasteiger charge is 2.35. The SMILES string of the molecule is CCCCSc1nc2n(n1)C(c1ccc(Cl)cc1Cl)C(C(=O)Nc1ccccc1OCC)=C(C)N2. The normalized spacial score (nSPS) is 14.9. The molecule has 4 rings (SSSR count). The minimum atomic E-state index is -0.594. The maximum Gasteiger partial charge on any atom is 0.255 e. The molecule has 10 heteroatoms. The third-order valence-corrected chi connectivity index (χ3v) is 6.99. The number of halogens is 2. The minimum absolute atomic E-state index is 0.292. The number of thioether (sulfide) groups is 1. The number of rotatable bonds is 9. The van der Waals surface area contributed by atoms with Gasteiger partial charge in [0, 0.05) is 27.1 Å². The summed E-state index contributed by atoms with van der Waals surface area (Å²) in [6, 6.07) is 12.0. The molecular formula is C25H27Cl2N5O2S. The Kier molecular flexibility index (Phi) is 8.26. The Hall–Kier alpha value is -2.68. The lowest BCUT2D eigenvalue weighted by Crippen LogP contribution is -2.31. The first-order valence-electron chi connectivity index (χ1n) is 11.5. The highest BCUT2D eigenvalue weighted by Crippen LogP contribution is 2.40. The molecular weight excluding hydrogens is 505 g/mol. The van der Waals surface area contributed by atoms with Crippen LogP contribution in [0.2, 0.25) is 10.0 Å². The smallest absolute Gasteiger partial charge is 0.255 e. The van der Waals surface area contributed by atoms with Crippen LogP contribution in [0.4, 0.5) is 11.6 Å². The number of amides is 1. The molecule has 7 nitrogen and oxygen atoms in total. The molecule has 184 valence electrons. The van der Waals surface area contributed by atoms with Crippen LogP contribution in [0.3, 0.4) is 0 Å². The Morgan fingerprint density at radius 3 is 2.77 bits per heavy atom. The fourth-order valence-corrected chi connectivity index (χ4v) is 5.27. The number of para-hydroxylation sites is 2. The van der Waals surface area contributed by atoms with E-state index in [9.17, 15) is 4.79 Å². The van der Waals surface area contributed by atoms with Gasteiger partial charge in [-0.3, -0.25) is 4.79 Å². The van der Waals surface area contributed by atoms with Crippen LogP contribution in [0.25, 0.3) is 0 Å². The van der Waals surface area contributed by atoms with Gasteiger partial charge >= 0.3 is 0 Å². The van der Waals surface area contributed by atoms with Crippen molar-refractivity contribution in [3.05, 3.63) is 69.3 Å². The lowest BCUT2D eigenvalue weighted by atomic mass is 9.95. The maximum atomic E-state index is 13.7. The topological polar surface area (TPSA) is 81.1 Å². The van der Waals surface area contributed by atoms with Crippen LogP contribution in [0, 0.1) is 0 Å². The highest BCUT2D eigenvalue weighted by atomic mass is 35.5. The number of aromatic nitrogens is 3. The molecule has 0 radical (unpaired) electrons. The van der Waals surface area contributed by atoms with Gasteiger partial charge in [0.15, 0.2) is 0 Å². The molecule has 1 aliphatic rings. The number of nitrogens with zero attached hydrogens (tertiary/aromatic N) is 3. The summed E-state index contributed by atoms with van der Waals surface area (Å²) in [5.41, 5.74) is 2.43. The molecule has 2 heterocycles. The van der Waals surface area contributed by atoms with Crippen LogP contribution in [-0.2, 0) is 4.79 Å². The van der Waals surface area contributed by atoms with E-state index in [-0.39, 0.29) is 5.91 Å². The van der Waals surface area contributed by atoms with Gasteiger partial charge in [0.2, 0.25) is 11.1 Å². The van der Waals surface area contributed by atoms with E-state index in [1.54, 1.807) is 28.6 Å². The summed E-state index contributed by atoms with van der Waals surface area (Å²) in [6.07, 6.45) is 2.16. The van der Waals surface area contributed by atoms with Crippen molar-refractivity contribution in [3.63, 3.8) is 0 Å². The van der Waals surface area contributed by atoms with E-state index in [0.717, 1.165) is 18.6 Å². The summed E-state index contributed by atoms with van der Waals surface area (Å²) in [7, 11) is 0. The van der Waals surface area contributed by atoms with Crippen molar-refractivity contribution in [1.82, 2.24) is 14.8 Å². The molecule has 2 N–H and O–H groups in total. The third-order valence-electron chi connectivity index (χ3n) is 5.50. The Morgan fingerprint density at radius 2 is 2.03 bits per heavy atom. The molecule has 3 aromatic rings. The Labute approximate surface area is 219 Å². The average molecular weight is 532 g/mol. The van der Waals surface area contributed by atoms with Gasteiger partial charge < -0.3 is 15.4 Å². The molecule has 1 aliphatic heterocycles. The molecule has 1 unspecified atom stereocenters. The van der Waals surface area contributed by atoms with E-state index in [2.05, 4.69) is 22.5 Å². The van der Waals surface area contributed by atoms with Crippen molar-refractivity contribution in [3.8, 4) is 5.75 Å². The number of hydrogen-bond donors (Lipinski definition) is 2. The summed E-state index contributed by atoms with van der Waals surface area (Å²) in [5, 5.41) is 12.6. The zero-order chi connectivity index (χ0) is 24.9. The number of hydrogen-bond acceptors (Lipinski definition) is 6. The van der Waals surface area contributed by atoms with Crippen molar-refractivity contribution >= 4 is 52.5 Å². The number of ether oxygens (including phenoxy) is 1. The molecule has 0 aliphatic carbocycles. The van der Waals surface area contributed by atoms with Crippen molar-refractivity contribution in [1.29, 1.82) is 0 Å². The first-order chi connectivity index (χ1) is 16.9. The van der Waals surface area contributed by atoms with Crippen molar-refractivity contribution in [2.24, 2.45) is 0 Å². The third kappa shape index (κ3) is 5.60. The molecule has 0 saturated heterocycles. The van der Waals surface area contributed by atoms with Crippen LogP contribution in [0.15, 0.2) is 58.9 Å². The summed E-state index contributed by atoms with van der Waals surface area (Å²) >= 11 is 14.4. The molecule has 35 heavy (non-hydrogen) atoms. The molecule has 1 aromatic heterocycles. The fraction of sp³-hybridized carbons (Fsp3) is 0.320. The lowest BCUT2D eigenvalue weighted by molar-refractivity contribution is -0.113. The summed E-state index contributed by atoms with van der Waals surface area (Å²) in [4.78, 5) is 18.4. The minimum Gasteiger partial charge on any atom is -0.492 e. The number of nitrogens with one attached hydrogen (secondary N) is 2. The van der Waals surface area contributed by atoms with Gasteiger partial charge in [-0.25, -0.2) is 4.68 Å². The van der Waals surface area contributed by atoms with Crippen molar-refractivity contribution < 1.29 is 9.53 Å². The quantitative estimate of drug-likeness (QED) is 0.233. The predicted octanol–water partition coefficient (Wildman–Crippen LogP) is 6.80. The lowest BCUT2D eigenvalue weighted by Gasteiger charge is -2.29. The Bertz CT molecular complexity index is 1260. The standard InChI is InChI=1S/C25H27Cl2N5O2S/c1-4-6-13-35-25-30-24-28-15(3)21(23(33)29-19-9-7-8-10-20(19)34-5-2)22(32(24)31-25)17-12-11-16(26)14-18(17)27/h7-12,14,22H,4-6,13H2,1-3H3,(H,29,33)(H,28,30,31). The molecule has 0 bridgehead atoms. The number of anilines is 2. The zero-order valence-corrected chi connectivity index (χ0v) is 22.1. The van der Waals surface area contributed by atoms with Crippen LogP contribution in [-0.4, -0.2) is 33.0 Å². The van der Waals surface area contributed by atoms with Gasteiger partial charge in [-0.05, 0) is 44.5 Å². The van der Waals surface area contributed by atoms with E-state index in [1.807, 2.05) is 44.2 Å². The second-order valence-electron chi connectivity index (χ2n) is 7.98. The summed E-state index contributed by atoms with van der Waals surface area (Å²) < 4.78 is 7.41. The molecule has 1 atom stereocenters. The average Bonchev–Trinajstić information content (AvgIpc) is 3.22. The molecule has 0 saturated carbocycles. The van der Waals surface area contributed by atoms with Crippen LogP contribution < -0.4 is 15.4 Å². The number of unbranched alkanes of at least 4 members (excludes halogenated alkanes) is 1. The molecule has 2 aromatic carbocycles. The number of carbonyl (C=O) groups excluding carboxylic acids is 1. The van der Waals surface area contributed by atoms with E-state index >= 15 is 0 Å². The number of benzene rings is 2. The number of carbonyl (C=O) groups is 1. The van der Waals surface area contributed by atoms with Gasteiger partial charge in [0.25, 0.3) is 5.91 Å². The highest BCUT2D eigenvalue weighted by molar-refractivity contribution is 7.99. The maximum absolute atomic E-state index is 13.7. The molecule has 0 fully saturated rings. The largest absolute Gasteiger partial charge is 0.492 e. The molecule has 0 spiro atoms. The number of allylic oxidation sites excluding steroid dienone is 1. The number of fused-ring (bicyclic) bond motifs is 1. The zero-order valence-electron chi connectivity index (χ0n) is 19.8. The van der Waals surface area contributed by atoms with Crippen molar-refractivity contribution in [2.45, 2.75) is 44.8 Å². The van der Waals surface area contributed by atoms with Crippen LogP contribution >= 0.6 is 35.0 Å². The van der Waals surface area contributed by atoms with E-state index in [0.29, 0.717) is 56.0 Å². The van der Waals surface area contributed by atoms with Crippen molar-refractivity contribution in [2.75, 3.05) is 23.0 Å². The van der Waals surface area contributed by atoms with Crippen LogP contribution in [0.1, 0.15) is 45.2 Å². The molecule has 1 amide bonds. The second-order valence-corrected chi connectivity index (χ2v) is 9.89.